The van der Waals surface area contributed by atoms with Crippen LogP contribution in [0, 0.1) is 5.82 Å². The summed E-state index contributed by atoms with van der Waals surface area (Å²) >= 11 is 13.2. The Bertz CT molecular complexity index is 1010. The van der Waals surface area contributed by atoms with Crippen molar-refractivity contribution in [2.45, 2.75) is 11.7 Å². The Labute approximate surface area is 175 Å². The van der Waals surface area contributed by atoms with Crippen molar-refractivity contribution in [2.24, 2.45) is 0 Å². The molecule has 1 amide bonds. The average molecular weight is 437 g/mol. The number of nitrogens with zero attached hydrogens (tertiary/aromatic N) is 3. The first-order chi connectivity index (χ1) is 13.5. The summed E-state index contributed by atoms with van der Waals surface area (Å²) in [5.74, 6) is 0.109. The van der Waals surface area contributed by atoms with Crippen LogP contribution in [0.3, 0.4) is 0 Å². The summed E-state index contributed by atoms with van der Waals surface area (Å²) in [5, 5.41) is 12.5. The van der Waals surface area contributed by atoms with Gasteiger partial charge < -0.3 is 5.32 Å². The summed E-state index contributed by atoms with van der Waals surface area (Å²) in [5.41, 5.74) is 1.20. The predicted octanol–water partition coefficient (Wildman–Crippen LogP) is 5.31. The molecule has 1 heterocycles. The van der Waals surface area contributed by atoms with Crippen LogP contribution in [0.15, 0.2) is 60.3 Å². The summed E-state index contributed by atoms with van der Waals surface area (Å²) in [6.07, 6.45) is 1.70. The smallest absolute Gasteiger partial charge is 0.234 e. The summed E-state index contributed by atoms with van der Waals surface area (Å²) < 4.78 is 15.0. The molecule has 1 N–H and O–H groups in total. The van der Waals surface area contributed by atoms with Crippen molar-refractivity contribution in [1.29, 1.82) is 0 Å². The van der Waals surface area contributed by atoms with Gasteiger partial charge in [0.1, 0.15) is 5.82 Å². The number of benzene rings is 2. The number of rotatable bonds is 7. The first kappa shape index (κ1) is 20.4. The van der Waals surface area contributed by atoms with Crippen molar-refractivity contribution < 1.29 is 9.18 Å². The standard InChI is InChI=1S/C19H15Cl2FN4OS/c1-2-9-26-18(12-3-6-14(22)7-4-12)24-25-19(26)28-11-17(27)23-16-8-5-13(20)10-15(16)21/h2-8,10H,1,9,11H2,(H,23,27). The quantitative estimate of drug-likeness (QED) is 0.402. The number of halogens is 3. The van der Waals surface area contributed by atoms with Gasteiger partial charge in [-0.3, -0.25) is 9.36 Å². The normalized spacial score (nSPS) is 10.7. The highest BCUT2D eigenvalue weighted by Crippen LogP contribution is 2.27. The molecular formula is C19H15Cl2FN4OS. The fourth-order valence-electron chi connectivity index (χ4n) is 2.41. The first-order valence-corrected chi connectivity index (χ1v) is 9.90. The maximum atomic E-state index is 13.2. The number of hydrogen-bond donors (Lipinski definition) is 1. The molecule has 9 heteroatoms. The van der Waals surface area contributed by atoms with Crippen LogP contribution in [0.4, 0.5) is 10.1 Å². The van der Waals surface area contributed by atoms with E-state index in [1.54, 1.807) is 36.4 Å². The number of thioether (sulfide) groups is 1. The summed E-state index contributed by atoms with van der Waals surface area (Å²) in [6, 6.07) is 10.8. The zero-order valence-corrected chi connectivity index (χ0v) is 16.9. The molecule has 5 nitrogen and oxygen atoms in total. The third-order valence-corrected chi connectivity index (χ3v) is 5.18. The van der Waals surface area contributed by atoms with E-state index in [0.29, 0.717) is 33.3 Å². The Morgan fingerprint density at radius 1 is 1.21 bits per heavy atom. The van der Waals surface area contributed by atoms with Crippen molar-refractivity contribution in [2.75, 3.05) is 11.1 Å². The summed E-state index contributed by atoms with van der Waals surface area (Å²) in [6.45, 7) is 4.19. The Morgan fingerprint density at radius 3 is 2.64 bits per heavy atom. The number of carbonyl (C=O) groups is 1. The minimum atomic E-state index is -0.328. The number of hydrogen-bond acceptors (Lipinski definition) is 4. The van der Waals surface area contributed by atoms with Gasteiger partial charge in [0.05, 0.1) is 16.5 Å². The second-order valence-electron chi connectivity index (χ2n) is 5.67. The molecule has 1 aromatic heterocycles. The van der Waals surface area contributed by atoms with Gasteiger partial charge in [-0.25, -0.2) is 4.39 Å². The number of allylic oxidation sites excluding steroid dienone is 1. The van der Waals surface area contributed by atoms with E-state index in [-0.39, 0.29) is 17.5 Å². The van der Waals surface area contributed by atoms with E-state index in [4.69, 9.17) is 23.2 Å². The van der Waals surface area contributed by atoms with Crippen LogP contribution < -0.4 is 5.32 Å². The summed E-state index contributed by atoms with van der Waals surface area (Å²) in [4.78, 5) is 12.3. The number of carbonyl (C=O) groups excluding carboxylic acids is 1. The van der Waals surface area contributed by atoms with E-state index in [0.717, 1.165) is 5.56 Å². The Balaban J connectivity index is 1.72. The zero-order valence-electron chi connectivity index (χ0n) is 14.5. The van der Waals surface area contributed by atoms with Crippen molar-refractivity contribution in [3.05, 3.63) is 71.0 Å². The first-order valence-electron chi connectivity index (χ1n) is 8.15. The van der Waals surface area contributed by atoms with Crippen LogP contribution >= 0.6 is 35.0 Å². The molecular weight excluding hydrogens is 422 g/mol. The van der Waals surface area contributed by atoms with E-state index in [2.05, 4.69) is 22.1 Å². The van der Waals surface area contributed by atoms with Gasteiger partial charge in [0.2, 0.25) is 5.91 Å². The predicted molar refractivity (Wildman–Crippen MR) is 111 cm³/mol. The fourth-order valence-corrected chi connectivity index (χ4v) is 3.61. The molecule has 0 fully saturated rings. The van der Waals surface area contributed by atoms with Crippen molar-refractivity contribution in [1.82, 2.24) is 14.8 Å². The topological polar surface area (TPSA) is 59.8 Å². The van der Waals surface area contributed by atoms with Crippen LogP contribution in [-0.4, -0.2) is 26.4 Å². The van der Waals surface area contributed by atoms with Crippen LogP contribution in [0.5, 0.6) is 0 Å². The third-order valence-electron chi connectivity index (χ3n) is 3.67. The lowest BCUT2D eigenvalue weighted by Gasteiger charge is -2.09. The van der Waals surface area contributed by atoms with Gasteiger partial charge >= 0.3 is 0 Å². The highest BCUT2D eigenvalue weighted by atomic mass is 35.5. The van der Waals surface area contributed by atoms with Crippen LogP contribution in [-0.2, 0) is 11.3 Å². The van der Waals surface area contributed by atoms with Gasteiger partial charge in [-0.1, -0.05) is 41.0 Å². The van der Waals surface area contributed by atoms with Crippen LogP contribution in [0.25, 0.3) is 11.4 Å². The van der Waals surface area contributed by atoms with Gasteiger partial charge in [0, 0.05) is 17.1 Å². The molecule has 0 atom stereocenters. The third kappa shape index (κ3) is 4.92. The highest BCUT2D eigenvalue weighted by molar-refractivity contribution is 7.99. The Kier molecular flexibility index (Phi) is 6.72. The van der Waals surface area contributed by atoms with Crippen molar-refractivity contribution in [3.8, 4) is 11.4 Å². The second kappa shape index (κ2) is 9.23. The minimum absolute atomic E-state index is 0.109. The lowest BCUT2D eigenvalue weighted by molar-refractivity contribution is -0.113. The van der Waals surface area contributed by atoms with Crippen molar-refractivity contribution >= 4 is 46.6 Å². The molecule has 3 rings (SSSR count). The van der Waals surface area contributed by atoms with E-state index in [9.17, 15) is 9.18 Å². The number of amides is 1. The maximum absolute atomic E-state index is 13.2. The Hall–Kier alpha value is -2.35. The fraction of sp³-hybridized carbons (Fsp3) is 0.105. The van der Waals surface area contributed by atoms with E-state index in [1.807, 2.05) is 4.57 Å². The Morgan fingerprint density at radius 2 is 1.96 bits per heavy atom. The molecule has 0 aliphatic carbocycles. The second-order valence-corrected chi connectivity index (χ2v) is 7.46. The number of aromatic nitrogens is 3. The molecule has 0 aliphatic heterocycles. The maximum Gasteiger partial charge on any atom is 0.234 e. The van der Waals surface area contributed by atoms with Crippen LogP contribution in [0.2, 0.25) is 10.0 Å². The van der Waals surface area contributed by atoms with Gasteiger partial charge in [-0.2, -0.15) is 0 Å². The molecule has 0 spiro atoms. The van der Waals surface area contributed by atoms with Gasteiger partial charge in [-0.05, 0) is 42.5 Å². The molecule has 28 heavy (non-hydrogen) atoms. The van der Waals surface area contributed by atoms with Gasteiger partial charge in [-0.15, -0.1) is 16.8 Å². The van der Waals surface area contributed by atoms with Gasteiger partial charge in [0.25, 0.3) is 0 Å². The lowest BCUT2D eigenvalue weighted by Crippen LogP contribution is -2.15. The highest BCUT2D eigenvalue weighted by Gasteiger charge is 2.15. The minimum Gasteiger partial charge on any atom is -0.324 e. The monoisotopic (exact) mass is 436 g/mol. The SMILES string of the molecule is C=CCn1c(SCC(=O)Nc2ccc(Cl)cc2Cl)nnc1-c1ccc(F)cc1. The van der Waals surface area contributed by atoms with E-state index >= 15 is 0 Å². The van der Waals surface area contributed by atoms with Crippen LogP contribution in [0.1, 0.15) is 0 Å². The molecule has 0 unspecified atom stereocenters. The zero-order chi connectivity index (χ0) is 20.1. The molecule has 0 bridgehead atoms. The molecule has 144 valence electrons. The van der Waals surface area contributed by atoms with E-state index < -0.39 is 0 Å². The molecule has 0 saturated carbocycles. The number of anilines is 1. The average Bonchev–Trinajstić information content (AvgIpc) is 3.06. The van der Waals surface area contributed by atoms with Crippen molar-refractivity contribution in [3.63, 3.8) is 0 Å². The largest absolute Gasteiger partial charge is 0.324 e. The molecule has 0 aliphatic rings. The molecule has 3 aromatic rings. The van der Waals surface area contributed by atoms with E-state index in [1.165, 1.54) is 23.9 Å². The molecule has 0 radical (unpaired) electrons. The summed E-state index contributed by atoms with van der Waals surface area (Å²) in [7, 11) is 0. The number of nitrogens with one attached hydrogen (secondary N) is 1. The lowest BCUT2D eigenvalue weighted by atomic mass is 10.2. The molecule has 2 aromatic carbocycles. The van der Waals surface area contributed by atoms with Gasteiger partial charge in [0.15, 0.2) is 11.0 Å². The molecule has 0 saturated heterocycles.